The molecule has 0 aromatic carbocycles. The molecule has 0 bridgehead atoms. The van der Waals surface area contributed by atoms with Gasteiger partial charge in [-0.2, -0.15) is 0 Å². The molecule has 1 heterocycles. The highest BCUT2D eigenvalue weighted by Crippen LogP contribution is 2.20. The third-order valence-corrected chi connectivity index (χ3v) is 2.70. The number of aliphatic hydroxyl groups excluding tert-OH is 1. The molecule has 0 saturated carbocycles. The molecule has 2 N–H and O–H groups in total. The third-order valence-electron chi connectivity index (χ3n) is 2.70. The van der Waals surface area contributed by atoms with Crippen LogP contribution in [0.3, 0.4) is 0 Å². The van der Waals surface area contributed by atoms with Gasteiger partial charge in [-0.3, -0.25) is 0 Å². The molecule has 0 aliphatic heterocycles. The van der Waals surface area contributed by atoms with Crippen molar-refractivity contribution < 1.29 is 5.11 Å². The lowest BCUT2D eigenvalue weighted by Gasteiger charge is -2.25. The average Bonchev–Trinajstić information content (AvgIpc) is 2.57. The van der Waals surface area contributed by atoms with Crippen LogP contribution < -0.4 is 5.32 Å². The van der Waals surface area contributed by atoms with Crippen LogP contribution >= 0.6 is 0 Å². The molecule has 92 valence electrons. The zero-order valence-corrected chi connectivity index (χ0v) is 10.8. The molecule has 0 aliphatic carbocycles. The van der Waals surface area contributed by atoms with Gasteiger partial charge in [-0.1, -0.05) is 20.8 Å². The summed E-state index contributed by atoms with van der Waals surface area (Å²) in [5.74, 6) is 0. The standard InChI is InChI=1S/C13H24N2O/c1-13(2,3)8-11(10-16)14-9-12-6-5-7-15(12)4/h5-7,11,14,16H,8-10H2,1-4H3. The normalized spacial score (nSPS) is 14.1. The summed E-state index contributed by atoms with van der Waals surface area (Å²) in [6, 6.07) is 4.31. The molecule has 3 nitrogen and oxygen atoms in total. The molecule has 1 rings (SSSR count). The number of rotatable bonds is 5. The molecule has 1 unspecified atom stereocenters. The maximum Gasteiger partial charge on any atom is 0.0584 e. The Balaban J connectivity index is 2.43. The summed E-state index contributed by atoms with van der Waals surface area (Å²) in [7, 11) is 2.04. The van der Waals surface area contributed by atoms with Crippen molar-refractivity contribution in [1.82, 2.24) is 9.88 Å². The van der Waals surface area contributed by atoms with Gasteiger partial charge in [0.05, 0.1) is 6.61 Å². The number of aliphatic hydroxyl groups is 1. The number of aromatic nitrogens is 1. The largest absolute Gasteiger partial charge is 0.395 e. The Hall–Kier alpha value is -0.800. The van der Waals surface area contributed by atoms with Crippen LogP contribution in [0.2, 0.25) is 0 Å². The smallest absolute Gasteiger partial charge is 0.0584 e. The Bertz CT molecular complexity index is 312. The topological polar surface area (TPSA) is 37.2 Å². The minimum atomic E-state index is 0.176. The second-order valence-corrected chi connectivity index (χ2v) is 5.64. The van der Waals surface area contributed by atoms with E-state index in [4.69, 9.17) is 0 Å². The molecule has 3 heteroatoms. The second-order valence-electron chi connectivity index (χ2n) is 5.64. The lowest BCUT2D eigenvalue weighted by Crippen LogP contribution is -2.35. The van der Waals surface area contributed by atoms with E-state index < -0.39 is 0 Å². The fourth-order valence-corrected chi connectivity index (χ4v) is 1.87. The molecule has 0 amide bonds. The second kappa shape index (κ2) is 5.51. The van der Waals surface area contributed by atoms with Crippen LogP contribution in [0.4, 0.5) is 0 Å². The third kappa shape index (κ3) is 4.37. The van der Waals surface area contributed by atoms with E-state index in [2.05, 4.69) is 36.7 Å². The first kappa shape index (κ1) is 13.3. The van der Waals surface area contributed by atoms with Crippen molar-refractivity contribution in [3.05, 3.63) is 24.0 Å². The Morgan fingerprint density at radius 1 is 1.44 bits per heavy atom. The summed E-state index contributed by atoms with van der Waals surface area (Å²) < 4.78 is 2.10. The summed E-state index contributed by atoms with van der Waals surface area (Å²) in [5.41, 5.74) is 1.49. The summed E-state index contributed by atoms with van der Waals surface area (Å²) >= 11 is 0. The lowest BCUT2D eigenvalue weighted by atomic mass is 9.88. The number of nitrogens with zero attached hydrogens (tertiary/aromatic N) is 1. The Labute approximate surface area is 98.5 Å². The number of hydrogen-bond acceptors (Lipinski definition) is 2. The maximum atomic E-state index is 9.32. The van der Waals surface area contributed by atoms with Crippen molar-refractivity contribution in [2.45, 2.75) is 39.8 Å². The van der Waals surface area contributed by atoms with Gasteiger partial charge in [0.25, 0.3) is 0 Å². The molecule has 1 aromatic heterocycles. The van der Waals surface area contributed by atoms with Gasteiger partial charge in [0.2, 0.25) is 0 Å². The molecular formula is C13H24N2O. The molecule has 0 aliphatic rings. The number of aryl methyl sites for hydroxylation is 1. The van der Waals surface area contributed by atoms with Gasteiger partial charge in [0, 0.05) is 31.5 Å². The van der Waals surface area contributed by atoms with Gasteiger partial charge in [-0.05, 0) is 24.0 Å². The first-order valence-electron chi connectivity index (χ1n) is 5.87. The Kier molecular flexibility index (Phi) is 4.56. The minimum absolute atomic E-state index is 0.176. The fraction of sp³-hybridized carbons (Fsp3) is 0.692. The van der Waals surface area contributed by atoms with Gasteiger partial charge in [0.1, 0.15) is 0 Å². The van der Waals surface area contributed by atoms with E-state index in [1.807, 2.05) is 19.3 Å². The van der Waals surface area contributed by atoms with Crippen molar-refractivity contribution in [1.29, 1.82) is 0 Å². The predicted octanol–water partition coefficient (Wildman–Crippen LogP) is 1.91. The number of nitrogens with one attached hydrogen (secondary N) is 1. The van der Waals surface area contributed by atoms with E-state index in [0.717, 1.165) is 13.0 Å². The van der Waals surface area contributed by atoms with Crippen molar-refractivity contribution in [2.24, 2.45) is 12.5 Å². The first-order chi connectivity index (χ1) is 7.42. The molecule has 1 atom stereocenters. The SMILES string of the molecule is Cn1cccc1CNC(CO)CC(C)(C)C. The minimum Gasteiger partial charge on any atom is -0.395 e. The van der Waals surface area contributed by atoms with Gasteiger partial charge in [-0.25, -0.2) is 0 Å². The fourth-order valence-electron chi connectivity index (χ4n) is 1.87. The van der Waals surface area contributed by atoms with Crippen molar-refractivity contribution in [2.75, 3.05) is 6.61 Å². The molecular weight excluding hydrogens is 200 g/mol. The Morgan fingerprint density at radius 3 is 2.56 bits per heavy atom. The lowest BCUT2D eigenvalue weighted by molar-refractivity contribution is 0.197. The van der Waals surface area contributed by atoms with Gasteiger partial charge < -0.3 is 15.0 Å². The molecule has 0 fully saturated rings. The summed E-state index contributed by atoms with van der Waals surface area (Å²) in [6.07, 6.45) is 3.02. The van der Waals surface area contributed by atoms with Gasteiger partial charge >= 0.3 is 0 Å². The molecule has 0 radical (unpaired) electrons. The van der Waals surface area contributed by atoms with Gasteiger partial charge in [-0.15, -0.1) is 0 Å². The Morgan fingerprint density at radius 2 is 2.12 bits per heavy atom. The van der Waals surface area contributed by atoms with Crippen LogP contribution in [0.15, 0.2) is 18.3 Å². The quantitative estimate of drug-likeness (QED) is 0.801. The van der Waals surface area contributed by atoms with Crippen LogP contribution in [-0.4, -0.2) is 22.3 Å². The summed E-state index contributed by atoms with van der Waals surface area (Å²) in [5, 5.41) is 12.7. The highest BCUT2D eigenvalue weighted by molar-refractivity contribution is 5.06. The molecule has 16 heavy (non-hydrogen) atoms. The molecule has 0 saturated heterocycles. The highest BCUT2D eigenvalue weighted by atomic mass is 16.3. The van der Waals surface area contributed by atoms with Crippen LogP contribution in [0, 0.1) is 5.41 Å². The van der Waals surface area contributed by atoms with Crippen LogP contribution in [0.1, 0.15) is 32.9 Å². The monoisotopic (exact) mass is 224 g/mol. The van der Waals surface area contributed by atoms with E-state index in [-0.39, 0.29) is 18.1 Å². The number of hydrogen-bond donors (Lipinski definition) is 2. The first-order valence-corrected chi connectivity index (χ1v) is 5.87. The van der Waals surface area contributed by atoms with E-state index in [1.165, 1.54) is 5.69 Å². The summed E-state index contributed by atoms with van der Waals surface area (Å²) in [6.45, 7) is 7.59. The summed E-state index contributed by atoms with van der Waals surface area (Å²) in [4.78, 5) is 0. The van der Waals surface area contributed by atoms with E-state index in [1.54, 1.807) is 0 Å². The van der Waals surface area contributed by atoms with Crippen LogP contribution in [0.5, 0.6) is 0 Å². The van der Waals surface area contributed by atoms with Crippen molar-refractivity contribution in [3.63, 3.8) is 0 Å². The predicted molar refractivity (Wildman–Crippen MR) is 67.2 cm³/mol. The maximum absolute atomic E-state index is 9.32. The van der Waals surface area contributed by atoms with Crippen LogP contribution in [-0.2, 0) is 13.6 Å². The van der Waals surface area contributed by atoms with Crippen molar-refractivity contribution in [3.8, 4) is 0 Å². The van der Waals surface area contributed by atoms with Crippen molar-refractivity contribution >= 4 is 0 Å². The molecule has 1 aromatic rings. The highest BCUT2D eigenvalue weighted by Gasteiger charge is 2.17. The molecule has 0 spiro atoms. The van der Waals surface area contributed by atoms with E-state index in [0.29, 0.717) is 0 Å². The zero-order chi connectivity index (χ0) is 12.2. The van der Waals surface area contributed by atoms with E-state index >= 15 is 0 Å². The zero-order valence-electron chi connectivity index (χ0n) is 10.8. The van der Waals surface area contributed by atoms with Crippen LogP contribution in [0.25, 0.3) is 0 Å². The van der Waals surface area contributed by atoms with Gasteiger partial charge in [0.15, 0.2) is 0 Å². The average molecular weight is 224 g/mol. The van der Waals surface area contributed by atoms with E-state index in [9.17, 15) is 5.11 Å².